The third-order valence-electron chi connectivity index (χ3n) is 4.93. The zero-order chi connectivity index (χ0) is 20.9. The van der Waals surface area contributed by atoms with E-state index < -0.39 is 23.5 Å². The van der Waals surface area contributed by atoms with Crippen molar-refractivity contribution in [3.8, 4) is 5.75 Å². The molecule has 0 spiro atoms. The van der Waals surface area contributed by atoms with Gasteiger partial charge in [-0.05, 0) is 24.6 Å². The first-order valence-electron chi connectivity index (χ1n) is 9.61. The van der Waals surface area contributed by atoms with E-state index in [1.54, 1.807) is 31.1 Å². The van der Waals surface area contributed by atoms with Crippen molar-refractivity contribution < 1.29 is 33.3 Å². The van der Waals surface area contributed by atoms with E-state index in [0.29, 0.717) is 32.1 Å². The maximum atomic E-state index is 13.1. The summed E-state index contributed by atoms with van der Waals surface area (Å²) in [6.45, 7) is 3.54. The molecule has 1 N–H and O–H groups in total. The number of carbonyl (C=O) groups excluding carboxylic acids is 3. The summed E-state index contributed by atoms with van der Waals surface area (Å²) in [4.78, 5) is 39.6. The predicted octanol–water partition coefficient (Wildman–Crippen LogP) is -0.0866. The van der Waals surface area contributed by atoms with E-state index >= 15 is 0 Å². The molecule has 0 aromatic heterocycles. The number of nitrogens with one attached hydrogen (secondary N) is 1. The van der Waals surface area contributed by atoms with E-state index in [-0.39, 0.29) is 25.5 Å². The molecule has 2 atom stereocenters. The van der Waals surface area contributed by atoms with Crippen molar-refractivity contribution in [1.29, 1.82) is 0 Å². The molecule has 0 aliphatic carbocycles. The highest BCUT2D eigenvalue weighted by Crippen LogP contribution is 2.29. The number of benzene rings is 1. The fraction of sp³-hybridized carbons (Fsp3) is 0.550. The van der Waals surface area contributed by atoms with Crippen LogP contribution < -0.4 is 10.1 Å². The maximum Gasteiger partial charge on any atom is 0.350 e. The van der Waals surface area contributed by atoms with Crippen LogP contribution in [-0.4, -0.2) is 81.0 Å². The molecule has 0 saturated carbocycles. The Morgan fingerprint density at radius 1 is 1.21 bits per heavy atom. The number of amides is 2. The van der Waals surface area contributed by atoms with Crippen LogP contribution in [0.1, 0.15) is 12.5 Å². The number of nitrogens with zero attached hydrogens (tertiary/aromatic N) is 1. The van der Waals surface area contributed by atoms with Crippen molar-refractivity contribution in [2.75, 3.05) is 46.6 Å². The molecule has 0 radical (unpaired) electrons. The molecule has 2 heterocycles. The highest BCUT2D eigenvalue weighted by molar-refractivity contribution is 6.10. The normalized spacial score (nSPS) is 21.8. The lowest BCUT2D eigenvalue weighted by Gasteiger charge is -2.31. The van der Waals surface area contributed by atoms with Gasteiger partial charge in [0.15, 0.2) is 0 Å². The van der Waals surface area contributed by atoms with Crippen molar-refractivity contribution in [2.45, 2.75) is 25.0 Å². The fourth-order valence-corrected chi connectivity index (χ4v) is 3.14. The van der Waals surface area contributed by atoms with Crippen LogP contribution in [-0.2, 0) is 35.0 Å². The van der Waals surface area contributed by atoms with E-state index in [4.69, 9.17) is 18.9 Å². The molecule has 2 amide bonds. The van der Waals surface area contributed by atoms with Gasteiger partial charge in [-0.3, -0.25) is 9.59 Å². The Bertz CT molecular complexity index is 740. The Kier molecular flexibility index (Phi) is 6.71. The summed E-state index contributed by atoms with van der Waals surface area (Å²) >= 11 is 0. The number of morpholine rings is 1. The molecule has 3 rings (SSSR count). The number of hydrogen-bond donors (Lipinski definition) is 1. The zero-order valence-electron chi connectivity index (χ0n) is 16.6. The molecule has 158 valence electrons. The standard InChI is InChI=1S/C20H26N2O7/c1-3-28-19(25)20(13-29-20)18(24)21-16(17(23)22-8-10-27-11-9-22)12-14-4-6-15(26-2)7-5-14/h4-7,16H,3,8-13H2,1-2H3,(H,21,24)/t16-,20-/m0/s1. The Balaban J connectivity index is 1.75. The molecule has 2 saturated heterocycles. The van der Waals surface area contributed by atoms with Crippen molar-refractivity contribution in [2.24, 2.45) is 0 Å². The monoisotopic (exact) mass is 406 g/mol. The summed E-state index contributed by atoms with van der Waals surface area (Å²) in [6, 6.07) is 6.40. The van der Waals surface area contributed by atoms with Gasteiger partial charge in [-0.1, -0.05) is 12.1 Å². The van der Waals surface area contributed by atoms with Gasteiger partial charge in [-0.15, -0.1) is 0 Å². The minimum Gasteiger partial charge on any atom is -0.497 e. The first-order valence-corrected chi connectivity index (χ1v) is 9.61. The molecule has 0 bridgehead atoms. The Morgan fingerprint density at radius 2 is 1.86 bits per heavy atom. The number of carbonyl (C=O) groups is 3. The van der Waals surface area contributed by atoms with Gasteiger partial charge < -0.3 is 29.2 Å². The Morgan fingerprint density at radius 3 is 2.41 bits per heavy atom. The molecular weight excluding hydrogens is 380 g/mol. The number of hydrogen-bond acceptors (Lipinski definition) is 7. The van der Waals surface area contributed by atoms with Gasteiger partial charge >= 0.3 is 5.97 Å². The van der Waals surface area contributed by atoms with Crippen molar-refractivity contribution in [3.63, 3.8) is 0 Å². The highest BCUT2D eigenvalue weighted by atomic mass is 16.6. The van der Waals surface area contributed by atoms with Crippen LogP contribution in [0.4, 0.5) is 0 Å². The molecule has 0 unspecified atom stereocenters. The third kappa shape index (κ3) is 4.86. The van der Waals surface area contributed by atoms with Gasteiger partial charge in [0.2, 0.25) is 5.91 Å². The van der Waals surface area contributed by atoms with Gasteiger partial charge in [0.25, 0.3) is 11.5 Å². The Labute approximate surface area is 169 Å². The minimum atomic E-state index is -1.65. The topological polar surface area (TPSA) is 107 Å². The second-order valence-electron chi connectivity index (χ2n) is 6.85. The number of ether oxygens (including phenoxy) is 4. The van der Waals surface area contributed by atoms with Crippen molar-refractivity contribution in [1.82, 2.24) is 10.2 Å². The molecule has 1 aromatic carbocycles. The van der Waals surface area contributed by atoms with Crippen molar-refractivity contribution in [3.05, 3.63) is 29.8 Å². The maximum absolute atomic E-state index is 13.1. The number of esters is 1. The molecule has 29 heavy (non-hydrogen) atoms. The smallest absolute Gasteiger partial charge is 0.350 e. The minimum absolute atomic E-state index is 0.0569. The number of rotatable bonds is 8. The lowest BCUT2D eigenvalue weighted by atomic mass is 10.0. The molecule has 2 fully saturated rings. The van der Waals surface area contributed by atoms with Crippen LogP contribution in [0.3, 0.4) is 0 Å². The average Bonchev–Trinajstić information content (AvgIpc) is 3.56. The van der Waals surface area contributed by atoms with Gasteiger partial charge in [-0.25, -0.2) is 4.79 Å². The van der Waals surface area contributed by atoms with Gasteiger partial charge in [-0.2, -0.15) is 0 Å². The zero-order valence-corrected chi connectivity index (χ0v) is 16.6. The van der Waals surface area contributed by atoms with E-state index in [1.165, 1.54) is 0 Å². The van der Waals surface area contributed by atoms with Crippen molar-refractivity contribution >= 4 is 17.8 Å². The average molecular weight is 406 g/mol. The van der Waals surface area contributed by atoms with Gasteiger partial charge in [0.1, 0.15) is 11.8 Å². The molecule has 9 nitrogen and oxygen atoms in total. The summed E-state index contributed by atoms with van der Waals surface area (Å²) < 4.78 is 20.5. The molecular formula is C20H26N2O7. The summed E-state index contributed by atoms with van der Waals surface area (Å²) in [5.41, 5.74) is -0.806. The van der Waals surface area contributed by atoms with Crippen LogP contribution in [0.5, 0.6) is 5.75 Å². The van der Waals surface area contributed by atoms with E-state index in [9.17, 15) is 14.4 Å². The van der Waals surface area contributed by atoms with Crippen LogP contribution in [0.25, 0.3) is 0 Å². The first-order chi connectivity index (χ1) is 14.0. The first kappa shape index (κ1) is 21.1. The molecule has 2 aliphatic heterocycles. The third-order valence-corrected chi connectivity index (χ3v) is 4.93. The lowest BCUT2D eigenvalue weighted by molar-refractivity contribution is -0.155. The molecule has 9 heteroatoms. The quantitative estimate of drug-likeness (QED) is 0.365. The van der Waals surface area contributed by atoms with Crippen LogP contribution in [0.15, 0.2) is 24.3 Å². The second kappa shape index (κ2) is 9.23. The summed E-state index contributed by atoms with van der Waals surface area (Å²) in [5.74, 6) is -0.922. The number of epoxide rings is 1. The predicted molar refractivity (Wildman–Crippen MR) is 101 cm³/mol. The molecule has 2 aliphatic rings. The number of methoxy groups -OCH3 is 1. The summed E-state index contributed by atoms with van der Waals surface area (Å²) in [6.07, 6.45) is 0.269. The van der Waals surface area contributed by atoms with Gasteiger partial charge in [0, 0.05) is 19.5 Å². The summed E-state index contributed by atoms with van der Waals surface area (Å²) in [7, 11) is 1.57. The van der Waals surface area contributed by atoms with E-state index in [1.807, 2.05) is 12.1 Å². The summed E-state index contributed by atoms with van der Waals surface area (Å²) in [5, 5.41) is 2.71. The fourth-order valence-electron chi connectivity index (χ4n) is 3.14. The van der Waals surface area contributed by atoms with E-state index in [0.717, 1.165) is 5.56 Å². The lowest BCUT2D eigenvalue weighted by Crippen LogP contribution is -2.56. The second-order valence-corrected chi connectivity index (χ2v) is 6.85. The molecule has 1 aromatic rings. The van der Waals surface area contributed by atoms with Crippen LogP contribution >= 0.6 is 0 Å². The van der Waals surface area contributed by atoms with E-state index in [2.05, 4.69) is 5.32 Å². The SMILES string of the molecule is CCOC(=O)[C@@]1(C(=O)N[C@@H](Cc2ccc(OC)cc2)C(=O)N2CCOCC2)CO1. The van der Waals surface area contributed by atoms with Gasteiger partial charge in [0.05, 0.1) is 33.5 Å². The highest BCUT2D eigenvalue weighted by Gasteiger charge is 2.61. The Hall–Kier alpha value is -2.65. The van der Waals surface area contributed by atoms with Crippen LogP contribution in [0.2, 0.25) is 0 Å². The largest absolute Gasteiger partial charge is 0.497 e. The van der Waals surface area contributed by atoms with Crippen LogP contribution in [0, 0.1) is 0 Å².